The van der Waals surface area contributed by atoms with Crippen LogP contribution in [-0.4, -0.2) is 5.91 Å². The van der Waals surface area contributed by atoms with Gasteiger partial charge in [0, 0.05) is 13.0 Å². The van der Waals surface area contributed by atoms with Crippen molar-refractivity contribution in [3.63, 3.8) is 0 Å². The van der Waals surface area contributed by atoms with Gasteiger partial charge in [0.2, 0.25) is 5.91 Å². The largest absolute Gasteiger partial charge is 0.354 e. The topological polar surface area (TPSA) is 29.1 Å². The number of nitrogens with one attached hydrogen (secondary N) is 1. The first-order valence-corrected chi connectivity index (χ1v) is 3.56. The predicted octanol–water partition coefficient (Wildman–Crippen LogP) is 1.25. The van der Waals surface area contributed by atoms with Gasteiger partial charge in [-0.3, -0.25) is 4.79 Å². The number of amides is 1. The van der Waals surface area contributed by atoms with E-state index < -0.39 is 0 Å². The Bertz CT molecular complexity index is 151. The second-order valence-electron chi connectivity index (χ2n) is 2.52. The number of carbonyl (C=O) groups is 1. The summed E-state index contributed by atoms with van der Waals surface area (Å²) in [5.41, 5.74) is 0. The molecule has 0 aromatic rings. The summed E-state index contributed by atoms with van der Waals surface area (Å²) < 4.78 is 0. The molecule has 2 heteroatoms. The second kappa shape index (κ2) is 3.40. The fourth-order valence-corrected chi connectivity index (χ4v) is 1.18. The summed E-state index contributed by atoms with van der Waals surface area (Å²) in [7, 11) is 3.34. The molecule has 0 bridgehead atoms. The van der Waals surface area contributed by atoms with E-state index in [1.165, 1.54) is 0 Å². The Hall–Kier alpha value is -0.790. The first-order chi connectivity index (χ1) is 4.84. The number of hydrogen-bond donors (Lipinski definition) is 1. The van der Waals surface area contributed by atoms with Gasteiger partial charge in [0.1, 0.15) is 0 Å². The molecule has 1 aliphatic rings. The van der Waals surface area contributed by atoms with E-state index in [-0.39, 0.29) is 11.8 Å². The molecule has 1 amide bonds. The lowest BCUT2D eigenvalue weighted by molar-refractivity contribution is -0.124. The van der Waals surface area contributed by atoms with Crippen molar-refractivity contribution >= 4 is 5.91 Å². The normalized spacial score (nSPS) is 24.3. The Balaban J connectivity index is 2.41. The van der Waals surface area contributed by atoms with Crippen molar-refractivity contribution in [3.05, 3.63) is 19.2 Å². The van der Waals surface area contributed by atoms with E-state index in [1.807, 2.05) is 0 Å². The maximum absolute atomic E-state index is 11.0. The van der Waals surface area contributed by atoms with Crippen molar-refractivity contribution in [2.75, 3.05) is 0 Å². The van der Waals surface area contributed by atoms with Crippen LogP contribution in [0.3, 0.4) is 0 Å². The lowest BCUT2D eigenvalue weighted by atomic mass is 9.94. The molecule has 0 aromatic carbocycles. The molecule has 1 atom stereocenters. The molecule has 2 nitrogen and oxygen atoms in total. The average Bonchev–Trinajstić information content (AvgIpc) is 2.05. The zero-order valence-corrected chi connectivity index (χ0v) is 5.97. The summed E-state index contributed by atoms with van der Waals surface area (Å²) in [6, 6.07) is 0. The Kier molecular flexibility index (Phi) is 2.49. The van der Waals surface area contributed by atoms with E-state index in [2.05, 4.69) is 24.5 Å². The average molecular weight is 138 g/mol. The lowest BCUT2D eigenvalue weighted by Gasteiger charge is -2.14. The van der Waals surface area contributed by atoms with Crippen LogP contribution in [0.1, 0.15) is 19.3 Å². The molecule has 1 rings (SSSR count). The Morgan fingerprint density at radius 1 is 1.60 bits per heavy atom. The van der Waals surface area contributed by atoms with E-state index in [4.69, 9.17) is 0 Å². The summed E-state index contributed by atoms with van der Waals surface area (Å²) in [6.07, 6.45) is 7.05. The van der Waals surface area contributed by atoms with Crippen LogP contribution in [0.4, 0.5) is 0 Å². The molecule has 0 aromatic heterocycles. The van der Waals surface area contributed by atoms with Crippen molar-refractivity contribution in [1.29, 1.82) is 0 Å². The molecule has 0 spiro atoms. The molecular weight excluding hydrogens is 126 g/mol. The SMILES string of the molecule is [CH2]NC(=O)C1CC=CCC1. The zero-order valence-electron chi connectivity index (χ0n) is 5.97. The molecule has 1 unspecified atom stereocenters. The molecule has 10 heavy (non-hydrogen) atoms. The third-order valence-electron chi connectivity index (χ3n) is 1.81. The quantitative estimate of drug-likeness (QED) is 0.543. The van der Waals surface area contributed by atoms with Crippen LogP contribution in [0.5, 0.6) is 0 Å². The van der Waals surface area contributed by atoms with Gasteiger partial charge in [-0.15, -0.1) is 0 Å². The van der Waals surface area contributed by atoms with Crippen molar-refractivity contribution in [2.24, 2.45) is 5.92 Å². The molecule has 0 saturated carbocycles. The Morgan fingerprint density at radius 2 is 2.40 bits per heavy atom. The van der Waals surface area contributed by atoms with Crippen LogP contribution in [0.2, 0.25) is 0 Å². The summed E-state index contributed by atoms with van der Waals surface area (Å²) in [6.45, 7) is 0. The molecule has 1 N–H and O–H groups in total. The summed E-state index contributed by atoms with van der Waals surface area (Å²) in [5, 5.41) is 2.41. The molecule has 0 aliphatic heterocycles. The van der Waals surface area contributed by atoms with Crippen molar-refractivity contribution in [1.82, 2.24) is 5.32 Å². The van der Waals surface area contributed by atoms with Crippen molar-refractivity contribution in [3.8, 4) is 0 Å². The van der Waals surface area contributed by atoms with Crippen LogP contribution in [0.15, 0.2) is 12.2 Å². The van der Waals surface area contributed by atoms with Gasteiger partial charge in [-0.25, -0.2) is 0 Å². The summed E-state index contributed by atoms with van der Waals surface area (Å²) >= 11 is 0. The molecular formula is C8H12NO. The molecule has 55 valence electrons. The van der Waals surface area contributed by atoms with Crippen molar-refractivity contribution in [2.45, 2.75) is 19.3 Å². The Labute approximate surface area is 61.3 Å². The monoisotopic (exact) mass is 138 g/mol. The fraction of sp³-hybridized carbons (Fsp3) is 0.500. The molecule has 1 aliphatic carbocycles. The van der Waals surface area contributed by atoms with Crippen molar-refractivity contribution < 1.29 is 4.79 Å². The van der Waals surface area contributed by atoms with Gasteiger partial charge < -0.3 is 5.32 Å². The second-order valence-corrected chi connectivity index (χ2v) is 2.52. The minimum atomic E-state index is 0.0735. The highest BCUT2D eigenvalue weighted by Crippen LogP contribution is 2.17. The highest BCUT2D eigenvalue weighted by Gasteiger charge is 2.16. The summed E-state index contributed by atoms with van der Waals surface area (Å²) in [5.74, 6) is 0.242. The summed E-state index contributed by atoms with van der Waals surface area (Å²) in [4.78, 5) is 11.0. The van der Waals surface area contributed by atoms with E-state index in [9.17, 15) is 4.79 Å². The third-order valence-corrected chi connectivity index (χ3v) is 1.81. The van der Waals surface area contributed by atoms with Gasteiger partial charge in [0.25, 0.3) is 0 Å². The zero-order chi connectivity index (χ0) is 7.40. The molecule has 0 saturated heterocycles. The minimum absolute atomic E-state index is 0.0735. The van der Waals surface area contributed by atoms with Gasteiger partial charge in [0.05, 0.1) is 0 Å². The highest BCUT2D eigenvalue weighted by atomic mass is 16.1. The standard InChI is InChI=1S/C8H12NO/c1-9-8(10)7-5-3-2-4-6-7/h2-3,7H,1,4-6H2,(H,9,10). The number of carbonyl (C=O) groups excluding carboxylic acids is 1. The third kappa shape index (κ3) is 1.59. The minimum Gasteiger partial charge on any atom is -0.354 e. The van der Waals surface area contributed by atoms with E-state index >= 15 is 0 Å². The van der Waals surface area contributed by atoms with Gasteiger partial charge in [-0.1, -0.05) is 12.2 Å². The van der Waals surface area contributed by atoms with Gasteiger partial charge in [0.15, 0.2) is 0 Å². The maximum Gasteiger partial charge on any atom is 0.223 e. The number of allylic oxidation sites excluding steroid dienone is 2. The smallest absolute Gasteiger partial charge is 0.223 e. The maximum atomic E-state index is 11.0. The van der Waals surface area contributed by atoms with E-state index in [0.29, 0.717) is 0 Å². The first kappa shape index (κ1) is 7.32. The molecule has 1 radical (unpaired) electrons. The molecule has 0 fully saturated rings. The van der Waals surface area contributed by atoms with Crippen LogP contribution in [0, 0.1) is 13.0 Å². The van der Waals surface area contributed by atoms with Crippen LogP contribution >= 0.6 is 0 Å². The van der Waals surface area contributed by atoms with Gasteiger partial charge in [-0.05, 0) is 19.3 Å². The van der Waals surface area contributed by atoms with E-state index in [1.54, 1.807) is 0 Å². The van der Waals surface area contributed by atoms with Gasteiger partial charge in [-0.2, -0.15) is 0 Å². The highest BCUT2D eigenvalue weighted by molar-refractivity contribution is 5.79. The number of hydrogen-bond acceptors (Lipinski definition) is 1. The fourth-order valence-electron chi connectivity index (χ4n) is 1.18. The Morgan fingerprint density at radius 3 is 2.90 bits per heavy atom. The van der Waals surface area contributed by atoms with Gasteiger partial charge >= 0.3 is 0 Å². The predicted molar refractivity (Wildman–Crippen MR) is 40.0 cm³/mol. The van der Waals surface area contributed by atoms with E-state index in [0.717, 1.165) is 19.3 Å². The first-order valence-electron chi connectivity index (χ1n) is 3.56. The lowest BCUT2D eigenvalue weighted by Crippen LogP contribution is -2.26. The van der Waals surface area contributed by atoms with Crippen LogP contribution in [-0.2, 0) is 4.79 Å². The molecule has 0 heterocycles. The van der Waals surface area contributed by atoms with Crippen LogP contribution in [0.25, 0.3) is 0 Å². The number of rotatable bonds is 1. The van der Waals surface area contributed by atoms with Crippen LogP contribution < -0.4 is 5.32 Å².